The molecule has 2 aliphatic rings. The minimum atomic E-state index is -0.282. The highest BCUT2D eigenvalue weighted by Gasteiger charge is 2.42. The van der Waals surface area contributed by atoms with E-state index < -0.39 is 0 Å². The topological polar surface area (TPSA) is 29.5 Å². The lowest BCUT2D eigenvalue weighted by Crippen LogP contribution is -2.19. The third kappa shape index (κ3) is 2.14. The van der Waals surface area contributed by atoms with Gasteiger partial charge in [0.1, 0.15) is 5.75 Å². The van der Waals surface area contributed by atoms with E-state index in [0.717, 1.165) is 23.1 Å². The van der Waals surface area contributed by atoms with E-state index >= 15 is 0 Å². The van der Waals surface area contributed by atoms with Crippen molar-refractivity contribution in [1.82, 2.24) is 0 Å². The van der Waals surface area contributed by atoms with E-state index in [4.69, 9.17) is 4.74 Å². The SMILES string of the molecule is CCOc1ccc(C(O)C2CC3CCC2C3)cc1. The van der Waals surface area contributed by atoms with Gasteiger partial charge in [0, 0.05) is 0 Å². The second kappa shape index (κ2) is 4.93. The maximum atomic E-state index is 10.5. The molecule has 0 aliphatic heterocycles. The molecule has 98 valence electrons. The minimum Gasteiger partial charge on any atom is -0.494 e. The van der Waals surface area contributed by atoms with Crippen LogP contribution in [0.25, 0.3) is 0 Å². The Labute approximate surface area is 109 Å². The van der Waals surface area contributed by atoms with Crippen LogP contribution in [-0.2, 0) is 0 Å². The lowest BCUT2D eigenvalue weighted by atomic mass is 9.82. The van der Waals surface area contributed by atoms with Gasteiger partial charge < -0.3 is 9.84 Å². The fourth-order valence-electron chi connectivity index (χ4n) is 3.86. The number of aliphatic hydroxyl groups is 1. The van der Waals surface area contributed by atoms with Crippen LogP contribution in [0.15, 0.2) is 24.3 Å². The maximum absolute atomic E-state index is 10.5. The summed E-state index contributed by atoms with van der Waals surface area (Å²) in [5, 5.41) is 10.5. The first-order valence-electron chi connectivity index (χ1n) is 7.18. The number of fused-ring (bicyclic) bond motifs is 2. The molecule has 4 atom stereocenters. The molecule has 0 heterocycles. The van der Waals surface area contributed by atoms with Crippen molar-refractivity contribution in [2.75, 3.05) is 6.61 Å². The van der Waals surface area contributed by atoms with Crippen LogP contribution in [0.2, 0.25) is 0 Å². The van der Waals surface area contributed by atoms with Gasteiger partial charge >= 0.3 is 0 Å². The van der Waals surface area contributed by atoms with Crippen molar-refractivity contribution in [2.45, 2.75) is 38.7 Å². The quantitative estimate of drug-likeness (QED) is 0.880. The predicted molar refractivity (Wildman–Crippen MR) is 71.5 cm³/mol. The molecule has 0 amide bonds. The predicted octanol–water partition coefficient (Wildman–Crippen LogP) is 3.55. The second-order valence-electron chi connectivity index (χ2n) is 5.79. The number of rotatable bonds is 4. The summed E-state index contributed by atoms with van der Waals surface area (Å²) in [5.41, 5.74) is 1.05. The van der Waals surface area contributed by atoms with Crippen molar-refractivity contribution < 1.29 is 9.84 Å². The van der Waals surface area contributed by atoms with Gasteiger partial charge in [-0.1, -0.05) is 18.6 Å². The Bertz CT molecular complexity index is 398. The molecule has 1 N–H and O–H groups in total. The second-order valence-corrected chi connectivity index (χ2v) is 5.79. The third-order valence-corrected chi connectivity index (χ3v) is 4.73. The first-order valence-corrected chi connectivity index (χ1v) is 7.18. The molecule has 0 spiro atoms. The lowest BCUT2D eigenvalue weighted by Gasteiger charge is -2.27. The monoisotopic (exact) mass is 246 g/mol. The molecule has 18 heavy (non-hydrogen) atoms. The van der Waals surface area contributed by atoms with Gasteiger partial charge in [-0.05, 0) is 61.6 Å². The van der Waals surface area contributed by atoms with Crippen LogP contribution < -0.4 is 4.74 Å². The van der Waals surface area contributed by atoms with Gasteiger partial charge in [0.25, 0.3) is 0 Å². The Morgan fingerprint density at radius 3 is 2.56 bits per heavy atom. The maximum Gasteiger partial charge on any atom is 0.119 e. The zero-order chi connectivity index (χ0) is 12.5. The normalized spacial score (nSPS) is 31.6. The fourth-order valence-corrected chi connectivity index (χ4v) is 3.86. The Kier molecular flexibility index (Phi) is 3.29. The Balaban J connectivity index is 1.70. The summed E-state index contributed by atoms with van der Waals surface area (Å²) in [4.78, 5) is 0. The van der Waals surface area contributed by atoms with Crippen LogP contribution in [0.1, 0.15) is 44.3 Å². The van der Waals surface area contributed by atoms with Crippen molar-refractivity contribution in [3.05, 3.63) is 29.8 Å². The van der Waals surface area contributed by atoms with Gasteiger partial charge in [-0.2, -0.15) is 0 Å². The van der Waals surface area contributed by atoms with Crippen molar-refractivity contribution in [3.63, 3.8) is 0 Å². The Morgan fingerprint density at radius 2 is 2.00 bits per heavy atom. The molecule has 2 fully saturated rings. The molecular formula is C16H22O2. The molecule has 1 aromatic carbocycles. The highest BCUT2D eigenvalue weighted by atomic mass is 16.5. The molecule has 0 radical (unpaired) electrons. The van der Waals surface area contributed by atoms with E-state index in [9.17, 15) is 5.11 Å². The van der Waals surface area contributed by atoms with Gasteiger partial charge in [0.05, 0.1) is 12.7 Å². The standard InChI is InChI=1S/C16H22O2/c1-2-18-14-7-5-12(6-8-14)16(17)15-10-11-3-4-13(15)9-11/h5-8,11,13,15-17H,2-4,9-10H2,1H3. The summed E-state index contributed by atoms with van der Waals surface area (Å²) in [7, 11) is 0. The molecule has 4 unspecified atom stereocenters. The lowest BCUT2D eigenvalue weighted by molar-refractivity contribution is 0.0745. The first-order chi connectivity index (χ1) is 8.78. The zero-order valence-corrected chi connectivity index (χ0v) is 11.0. The van der Waals surface area contributed by atoms with Crippen LogP contribution in [0.5, 0.6) is 5.75 Å². The number of aliphatic hydroxyl groups excluding tert-OH is 1. The van der Waals surface area contributed by atoms with E-state index in [2.05, 4.69) is 0 Å². The summed E-state index contributed by atoms with van der Waals surface area (Å²) in [5.74, 6) is 3.03. The number of hydrogen-bond donors (Lipinski definition) is 1. The minimum absolute atomic E-state index is 0.282. The number of hydrogen-bond acceptors (Lipinski definition) is 2. The smallest absolute Gasteiger partial charge is 0.119 e. The van der Waals surface area contributed by atoms with Gasteiger partial charge in [0.2, 0.25) is 0 Å². The van der Waals surface area contributed by atoms with Crippen LogP contribution in [0.4, 0.5) is 0 Å². The highest BCUT2D eigenvalue weighted by molar-refractivity contribution is 5.29. The van der Waals surface area contributed by atoms with E-state index in [1.807, 2.05) is 31.2 Å². The van der Waals surface area contributed by atoms with Crippen molar-refractivity contribution in [2.24, 2.45) is 17.8 Å². The third-order valence-electron chi connectivity index (χ3n) is 4.73. The van der Waals surface area contributed by atoms with E-state index in [-0.39, 0.29) is 6.10 Å². The van der Waals surface area contributed by atoms with Gasteiger partial charge in [-0.15, -0.1) is 0 Å². The summed E-state index contributed by atoms with van der Waals surface area (Å²) in [6, 6.07) is 7.97. The van der Waals surface area contributed by atoms with E-state index in [1.165, 1.54) is 25.7 Å². The van der Waals surface area contributed by atoms with Crippen LogP contribution in [0.3, 0.4) is 0 Å². The molecule has 0 aromatic heterocycles. The Morgan fingerprint density at radius 1 is 1.22 bits per heavy atom. The molecule has 0 saturated heterocycles. The Hall–Kier alpha value is -1.02. The number of benzene rings is 1. The molecule has 2 bridgehead atoms. The molecular weight excluding hydrogens is 224 g/mol. The molecule has 2 aliphatic carbocycles. The number of ether oxygens (including phenoxy) is 1. The van der Waals surface area contributed by atoms with Crippen LogP contribution >= 0.6 is 0 Å². The van der Waals surface area contributed by atoms with E-state index in [1.54, 1.807) is 0 Å². The van der Waals surface area contributed by atoms with Crippen molar-refractivity contribution >= 4 is 0 Å². The van der Waals surface area contributed by atoms with Crippen LogP contribution in [0, 0.1) is 17.8 Å². The van der Waals surface area contributed by atoms with Crippen LogP contribution in [-0.4, -0.2) is 11.7 Å². The van der Waals surface area contributed by atoms with Crippen molar-refractivity contribution in [3.8, 4) is 5.75 Å². The average Bonchev–Trinajstić information content (AvgIpc) is 3.01. The molecule has 3 rings (SSSR count). The zero-order valence-electron chi connectivity index (χ0n) is 11.0. The average molecular weight is 246 g/mol. The first kappa shape index (κ1) is 12.0. The highest BCUT2D eigenvalue weighted by Crippen LogP contribution is 2.52. The molecule has 1 aromatic rings. The molecule has 2 saturated carbocycles. The summed E-state index contributed by atoms with van der Waals surface area (Å²) >= 11 is 0. The van der Waals surface area contributed by atoms with Crippen molar-refractivity contribution in [1.29, 1.82) is 0 Å². The largest absolute Gasteiger partial charge is 0.494 e. The molecule has 2 heteroatoms. The molecule has 2 nitrogen and oxygen atoms in total. The van der Waals surface area contributed by atoms with Gasteiger partial charge in [-0.3, -0.25) is 0 Å². The van der Waals surface area contributed by atoms with E-state index in [0.29, 0.717) is 12.5 Å². The summed E-state index contributed by atoms with van der Waals surface area (Å²) in [6.07, 6.45) is 4.99. The van der Waals surface area contributed by atoms with Gasteiger partial charge in [-0.25, -0.2) is 0 Å². The summed E-state index contributed by atoms with van der Waals surface area (Å²) < 4.78 is 5.43. The fraction of sp³-hybridized carbons (Fsp3) is 0.625. The summed E-state index contributed by atoms with van der Waals surface area (Å²) in [6.45, 7) is 2.67. The van der Waals surface area contributed by atoms with Gasteiger partial charge in [0.15, 0.2) is 0 Å².